The Morgan fingerprint density at radius 2 is 1.41 bits per heavy atom. The number of ketones is 1. The molecule has 2 rings (SSSR count). The van der Waals surface area contributed by atoms with Crippen molar-refractivity contribution in [2.45, 2.75) is 52.9 Å². The van der Waals surface area contributed by atoms with Gasteiger partial charge in [0.1, 0.15) is 0 Å². The minimum atomic E-state index is 0.188. The Bertz CT molecular complexity index is 526. The smallest absolute Gasteiger partial charge is 0.167 e. The molecule has 0 unspecified atom stereocenters. The van der Waals surface area contributed by atoms with E-state index in [1.165, 1.54) is 24.8 Å². The standard InChI is InChI=1S/C18H20O.C3H8/c1-2-3-7-15-10-12-17(13-11-15)18(19)14-16-8-5-4-6-9-16;1-3-2/h4-6,8-13H,2-3,7,14H2,1H3;3H2,1-2H3. The first-order valence-corrected chi connectivity index (χ1v) is 8.37. The highest BCUT2D eigenvalue weighted by Crippen LogP contribution is 2.11. The Kier molecular flexibility index (Phi) is 8.90. The summed E-state index contributed by atoms with van der Waals surface area (Å²) in [5, 5.41) is 0. The number of rotatable bonds is 6. The normalized spacial score (nSPS) is 9.77. The van der Waals surface area contributed by atoms with E-state index < -0.39 is 0 Å². The topological polar surface area (TPSA) is 17.1 Å². The van der Waals surface area contributed by atoms with Gasteiger partial charge in [-0.05, 0) is 24.0 Å². The molecule has 0 amide bonds. The third-order valence-corrected chi connectivity index (χ3v) is 3.30. The second kappa shape index (κ2) is 10.8. The van der Waals surface area contributed by atoms with Gasteiger partial charge >= 0.3 is 0 Å². The largest absolute Gasteiger partial charge is 0.294 e. The Labute approximate surface area is 135 Å². The summed E-state index contributed by atoms with van der Waals surface area (Å²) < 4.78 is 0. The first-order valence-electron chi connectivity index (χ1n) is 8.37. The molecule has 0 aliphatic carbocycles. The van der Waals surface area contributed by atoms with Gasteiger partial charge in [0.2, 0.25) is 0 Å². The molecule has 2 aromatic rings. The van der Waals surface area contributed by atoms with E-state index in [0.717, 1.165) is 17.5 Å². The van der Waals surface area contributed by atoms with Gasteiger partial charge < -0.3 is 0 Å². The molecule has 0 fully saturated rings. The molecule has 0 saturated carbocycles. The van der Waals surface area contributed by atoms with Gasteiger partial charge in [-0.3, -0.25) is 4.79 Å². The van der Waals surface area contributed by atoms with E-state index in [2.05, 4.69) is 32.9 Å². The molecule has 0 radical (unpaired) electrons. The van der Waals surface area contributed by atoms with Crippen LogP contribution in [0.4, 0.5) is 0 Å². The van der Waals surface area contributed by atoms with Gasteiger partial charge in [-0.25, -0.2) is 0 Å². The summed E-state index contributed by atoms with van der Waals surface area (Å²) in [5.74, 6) is 0.188. The van der Waals surface area contributed by atoms with Gasteiger partial charge in [-0.2, -0.15) is 0 Å². The SMILES string of the molecule is CCC.CCCCc1ccc(C(=O)Cc2ccccc2)cc1. The minimum Gasteiger partial charge on any atom is -0.294 e. The Balaban J connectivity index is 0.000000745. The maximum Gasteiger partial charge on any atom is 0.167 e. The van der Waals surface area contributed by atoms with Gasteiger partial charge in [-0.1, -0.05) is 88.2 Å². The van der Waals surface area contributed by atoms with Crippen LogP contribution in [0, 0.1) is 0 Å². The maximum absolute atomic E-state index is 12.1. The second-order valence-corrected chi connectivity index (χ2v) is 5.59. The van der Waals surface area contributed by atoms with Crippen LogP contribution in [0.2, 0.25) is 0 Å². The van der Waals surface area contributed by atoms with Crippen molar-refractivity contribution >= 4 is 5.78 Å². The Morgan fingerprint density at radius 1 is 0.818 bits per heavy atom. The number of benzene rings is 2. The molecule has 0 saturated heterocycles. The van der Waals surface area contributed by atoms with E-state index in [1.54, 1.807) is 0 Å². The van der Waals surface area contributed by atoms with E-state index in [4.69, 9.17) is 0 Å². The highest BCUT2D eigenvalue weighted by Gasteiger charge is 2.06. The molecule has 0 heterocycles. The summed E-state index contributed by atoms with van der Waals surface area (Å²) in [6.07, 6.45) is 5.24. The predicted octanol–water partition coefficient (Wildman–Crippen LogP) is 5.87. The molecule has 0 bridgehead atoms. The average Bonchev–Trinajstić information content (AvgIpc) is 2.55. The van der Waals surface area contributed by atoms with Crippen LogP contribution in [-0.2, 0) is 12.8 Å². The van der Waals surface area contributed by atoms with Crippen LogP contribution < -0.4 is 0 Å². The van der Waals surface area contributed by atoms with Crippen LogP contribution >= 0.6 is 0 Å². The third kappa shape index (κ3) is 6.71. The lowest BCUT2D eigenvalue weighted by Gasteiger charge is -2.04. The van der Waals surface area contributed by atoms with E-state index in [0.29, 0.717) is 6.42 Å². The summed E-state index contributed by atoms with van der Waals surface area (Å²) in [6, 6.07) is 18.0. The quantitative estimate of drug-likeness (QED) is 0.609. The minimum absolute atomic E-state index is 0.188. The van der Waals surface area contributed by atoms with Crippen molar-refractivity contribution in [3.05, 3.63) is 71.3 Å². The van der Waals surface area contributed by atoms with Crippen molar-refractivity contribution in [2.75, 3.05) is 0 Å². The van der Waals surface area contributed by atoms with E-state index in [9.17, 15) is 4.79 Å². The Morgan fingerprint density at radius 3 is 1.95 bits per heavy atom. The van der Waals surface area contributed by atoms with Gasteiger partial charge in [0.15, 0.2) is 5.78 Å². The van der Waals surface area contributed by atoms with Crippen molar-refractivity contribution in [1.82, 2.24) is 0 Å². The molecule has 22 heavy (non-hydrogen) atoms. The molecular weight excluding hydrogens is 268 g/mol. The van der Waals surface area contributed by atoms with Gasteiger partial charge in [0.05, 0.1) is 0 Å². The highest BCUT2D eigenvalue weighted by molar-refractivity contribution is 5.97. The first-order chi connectivity index (χ1) is 10.7. The lowest BCUT2D eigenvalue weighted by atomic mass is 10.0. The zero-order chi connectivity index (χ0) is 16.2. The molecule has 118 valence electrons. The van der Waals surface area contributed by atoms with E-state index >= 15 is 0 Å². The zero-order valence-corrected chi connectivity index (χ0v) is 14.1. The number of unbranched alkanes of at least 4 members (excludes halogenated alkanes) is 1. The molecule has 0 spiro atoms. The Hall–Kier alpha value is -1.89. The van der Waals surface area contributed by atoms with Crippen LogP contribution in [0.15, 0.2) is 54.6 Å². The first kappa shape index (κ1) is 18.2. The van der Waals surface area contributed by atoms with Crippen LogP contribution in [0.25, 0.3) is 0 Å². The van der Waals surface area contributed by atoms with Gasteiger partial charge in [0.25, 0.3) is 0 Å². The van der Waals surface area contributed by atoms with Crippen molar-refractivity contribution in [3.63, 3.8) is 0 Å². The van der Waals surface area contributed by atoms with Crippen molar-refractivity contribution in [1.29, 1.82) is 0 Å². The molecule has 0 aliphatic heterocycles. The summed E-state index contributed by atoms with van der Waals surface area (Å²) in [5.41, 5.74) is 3.20. The molecule has 2 aromatic carbocycles. The van der Waals surface area contributed by atoms with Crippen LogP contribution in [0.3, 0.4) is 0 Å². The number of hydrogen-bond acceptors (Lipinski definition) is 1. The molecule has 1 heteroatoms. The fourth-order valence-electron chi connectivity index (χ4n) is 2.12. The number of carbonyl (C=O) groups excluding carboxylic acids is 1. The summed E-state index contributed by atoms with van der Waals surface area (Å²) in [6.45, 7) is 6.44. The van der Waals surface area contributed by atoms with Crippen LogP contribution in [0.5, 0.6) is 0 Å². The van der Waals surface area contributed by atoms with Gasteiger partial charge in [0, 0.05) is 12.0 Å². The number of Topliss-reactive ketones (excluding diaryl/α,β-unsaturated/α-hetero) is 1. The summed E-state index contributed by atoms with van der Waals surface area (Å²) >= 11 is 0. The van der Waals surface area contributed by atoms with Crippen LogP contribution in [-0.4, -0.2) is 5.78 Å². The average molecular weight is 296 g/mol. The summed E-state index contributed by atoms with van der Waals surface area (Å²) in [4.78, 5) is 12.1. The molecule has 0 aromatic heterocycles. The van der Waals surface area contributed by atoms with Crippen molar-refractivity contribution in [3.8, 4) is 0 Å². The van der Waals surface area contributed by atoms with Crippen molar-refractivity contribution < 1.29 is 4.79 Å². The van der Waals surface area contributed by atoms with Crippen molar-refractivity contribution in [2.24, 2.45) is 0 Å². The summed E-state index contributed by atoms with van der Waals surface area (Å²) in [7, 11) is 0. The monoisotopic (exact) mass is 296 g/mol. The maximum atomic E-state index is 12.1. The lowest BCUT2D eigenvalue weighted by Crippen LogP contribution is -2.03. The molecular formula is C21H28O. The van der Waals surface area contributed by atoms with E-state index in [-0.39, 0.29) is 5.78 Å². The zero-order valence-electron chi connectivity index (χ0n) is 14.1. The van der Waals surface area contributed by atoms with Crippen LogP contribution in [0.1, 0.15) is 61.5 Å². The van der Waals surface area contributed by atoms with E-state index in [1.807, 2.05) is 42.5 Å². The second-order valence-electron chi connectivity index (χ2n) is 5.59. The fraction of sp³-hybridized carbons (Fsp3) is 0.381. The number of hydrogen-bond donors (Lipinski definition) is 0. The van der Waals surface area contributed by atoms with Gasteiger partial charge in [-0.15, -0.1) is 0 Å². The lowest BCUT2D eigenvalue weighted by molar-refractivity contribution is 0.0993. The molecule has 1 nitrogen and oxygen atoms in total. The molecule has 0 N–H and O–H groups in total. The molecule has 0 atom stereocenters. The number of aryl methyl sites for hydroxylation is 1. The third-order valence-electron chi connectivity index (χ3n) is 3.30. The molecule has 0 aliphatic rings. The predicted molar refractivity (Wildman–Crippen MR) is 95.5 cm³/mol. The fourth-order valence-corrected chi connectivity index (χ4v) is 2.12. The highest BCUT2D eigenvalue weighted by atomic mass is 16.1. The number of carbonyl (C=O) groups is 1.